The Morgan fingerprint density at radius 3 is 1.73 bits per heavy atom. The topological polar surface area (TPSA) is 16.1 Å². The van der Waals surface area contributed by atoms with Crippen LogP contribution < -0.4 is 4.90 Å². The summed E-state index contributed by atoms with van der Waals surface area (Å²) in [5.41, 5.74) is 9.47. The Labute approximate surface area is 239 Å². The second-order valence-corrected chi connectivity index (χ2v) is 11.0. The summed E-state index contributed by atoms with van der Waals surface area (Å²) in [5, 5.41) is 8.82. The molecule has 0 radical (unpaired) electrons. The van der Waals surface area contributed by atoms with Crippen LogP contribution in [0.25, 0.3) is 54.3 Å². The number of hydrogen-bond acceptors (Lipinski definition) is 2. The molecule has 0 unspecified atom stereocenters. The Hall–Kier alpha value is -5.21. The van der Waals surface area contributed by atoms with E-state index in [1.807, 2.05) is 12.3 Å². The molecule has 0 bridgehead atoms. The second kappa shape index (κ2) is 9.18. The Balaban J connectivity index is 1.28. The molecule has 194 valence electrons. The second-order valence-electron chi connectivity index (χ2n) is 11.0. The number of anilines is 3. The third-order valence-electron chi connectivity index (χ3n) is 8.37. The lowest BCUT2D eigenvalue weighted by Gasteiger charge is -2.26. The third kappa shape index (κ3) is 3.83. The van der Waals surface area contributed by atoms with Gasteiger partial charge in [-0.25, -0.2) is 0 Å². The summed E-state index contributed by atoms with van der Waals surface area (Å²) in [4.78, 5) is 7.07. The zero-order valence-corrected chi connectivity index (χ0v) is 23.1. The standard InChI is InChI=1S/C39H28N2/c1-25-5-14-31(15-6-25)41(32-16-7-26(2)8-17-32)33-18-11-27(12-19-33)34-20-13-28-9-10-29-24-30-4-3-23-40-39(30)36-22-21-35(34)37(28)38(29)36/h3-24H,1-2H3. The third-order valence-corrected chi connectivity index (χ3v) is 8.37. The minimum Gasteiger partial charge on any atom is -0.311 e. The van der Waals surface area contributed by atoms with Crippen LogP contribution >= 0.6 is 0 Å². The van der Waals surface area contributed by atoms with E-state index in [1.54, 1.807) is 0 Å². The first-order valence-corrected chi connectivity index (χ1v) is 14.1. The van der Waals surface area contributed by atoms with Crippen molar-refractivity contribution in [1.82, 2.24) is 4.98 Å². The normalized spacial score (nSPS) is 11.7. The number of benzene rings is 7. The predicted molar refractivity (Wildman–Crippen MR) is 175 cm³/mol. The van der Waals surface area contributed by atoms with E-state index in [4.69, 9.17) is 4.98 Å². The van der Waals surface area contributed by atoms with Crippen LogP contribution in [0.2, 0.25) is 0 Å². The minimum atomic E-state index is 1.07. The lowest BCUT2D eigenvalue weighted by atomic mass is 9.89. The highest BCUT2D eigenvalue weighted by atomic mass is 15.1. The molecule has 41 heavy (non-hydrogen) atoms. The molecule has 1 heterocycles. The van der Waals surface area contributed by atoms with Crippen LogP contribution in [0, 0.1) is 13.8 Å². The van der Waals surface area contributed by atoms with Gasteiger partial charge < -0.3 is 4.90 Å². The molecule has 0 amide bonds. The quantitative estimate of drug-likeness (QED) is 0.168. The van der Waals surface area contributed by atoms with Crippen LogP contribution in [0.1, 0.15) is 11.1 Å². The van der Waals surface area contributed by atoms with E-state index in [0.717, 1.165) is 22.6 Å². The van der Waals surface area contributed by atoms with E-state index < -0.39 is 0 Å². The molecule has 8 aromatic rings. The maximum absolute atomic E-state index is 4.75. The van der Waals surface area contributed by atoms with E-state index >= 15 is 0 Å². The van der Waals surface area contributed by atoms with Crippen molar-refractivity contribution in [2.45, 2.75) is 13.8 Å². The van der Waals surface area contributed by atoms with Gasteiger partial charge in [0.1, 0.15) is 0 Å². The maximum atomic E-state index is 4.75. The van der Waals surface area contributed by atoms with Crippen molar-refractivity contribution >= 4 is 60.3 Å². The van der Waals surface area contributed by atoms with E-state index in [-0.39, 0.29) is 0 Å². The number of pyridine rings is 1. The molecule has 0 spiro atoms. The molecule has 0 aliphatic carbocycles. The first kappa shape index (κ1) is 23.7. The Morgan fingerprint density at radius 1 is 0.488 bits per heavy atom. The molecular formula is C39H28N2. The summed E-state index contributed by atoms with van der Waals surface area (Å²) in [6.07, 6.45) is 1.89. The van der Waals surface area contributed by atoms with Gasteiger partial charge in [0.05, 0.1) is 5.52 Å². The number of hydrogen-bond donors (Lipinski definition) is 0. The van der Waals surface area contributed by atoms with Crippen LogP contribution in [0.3, 0.4) is 0 Å². The molecule has 7 aromatic carbocycles. The fourth-order valence-corrected chi connectivity index (χ4v) is 6.30. The number of nitrogens with zero attached hydrogens (tertiary/aromatic N) is 2. The van der Waals surface area contributed by atoms with Crippen molar-refractivity contribution in [3.05, 3.63) is 145 Å². The van der Waals surface area contributed by atoms with Crippen LogP contribution in [0.5, 0.6) is 0 Å². The average molecular weight is 525 g/mol. The highest BCUT2D eigenvalue weighted by Gasteiger charge is 2.16. The summed E-state index contributed by atoms with van der Waals surface area (Å²) in [6.45, 7) is 4.26. The minimum absolute atomic E-state index is 1.07. The molecule has 2 nitrogen and oxygen atoms in total. The summed E-state index contributed by atoms with van der Waals surface area (Å²) >= 11 is 0. The predicted octanol–water partition coefficient (Wildman–Crippen LogP) is 10.9. The van der Waals surface area contributed by atoms with Crippen molar-refractivity contribution in [3.8, 4) is 11.1 Å². The molecule has 0 aliphatic heterocycles. The summed E-state index contributed by atoms with van der Waals surface area (Å²) in [5.74, 6) is 0. The van der Waals surface area contributed by atoms with Crippen molar-refractivity contribution in [3.63, 3.8) is 0 Å². The number of aryl methyl sites for hydroxylation is 2. The summed E-state index contributed by atoms with van der Waals surface area (Å²) in [7, 11) is 0. The van der Waals surface area contributed by atoms with Crippen LogP contribution in [-0.4, -0.2) is 4.98 Å². The van der Waals surface area contributed by atoms with Crippen molar-refractivity contribution in [2.24, 2.45) is 0 Å². The molecule has 0 aliphatic rings. The Morgan fingerprint density at radius 2 is 1.05 bits per heavy atom. The first-order valence-electron chi connectivity index (χ1n) is 14.1. The van der Waals surface area contributed by atoms with Gasteiger partial charge in [0.2, 0.25) is 0 Å². The van der Waals surface area contributed by atoms with Crippen LogP contribution in [0.4, 0.5) is 17.1 Å². The van der Waals surface area contributed by atoms with E-state index in [0.29, 0.717) is 0 Å². The van der Waals surface area contributed by atoms with E-state index in [9.17, 15) is 0 Å². The van der Waals surface area contributed by atoms with Crippen molar-refractivity contribution < 1.29 is 0 Å². The summed E-state index contributed by atoms with van der Waals surface area (Å²) < 4.78 is 0. The van der Waals surface area contributed by atoms with E-state index in [1.165, 1.54) is 60.0 Å². The molecule has 0 fully saturated rings. The highest BCUT2D eigenvalue weighted by molar-refractivity contribution is 6.29. The van der Waals surface area contributed by atoms with Gasteiger partial charge in [-0.3, -0.25) is 4.98 Å². The zero-order valence-electron chi connectivity index (χ0n) is 23.1. The smallest absolute Gasteiger partial charge is 0.0780 e. The fourth-order valence-electron chi connectivity index (χ4n) is 6.30. The average Bonchev–Trinajstić information content (AvgIpc) is 3.02. The first-order chi connectivity index (χ1) is 20.1. The van der Waals surface area contributed by atoms with E-state index in [2.05, 4.69) is 140 Å². The number of rotatable bonds is 4. The van der Waals surface area contributed by atoms with Gasteiger partial charge in [-0.05, 0) is 100 Å². The van der Waals surface area contributed by atoms with Crippen LogP contribution in [0.15, 0.2) is 134 Å². The number of fused-ring (bicyclic) bond motifs is 2. The van der Waals surface area contributed by atoms with Gasteiger partial charge in [-0.15, -0.1) is 0 Å². The lowest BCUT2D eigenvalue weighted by molar-refractivity contribution is 1.27. The molecule has 0 saturated heterocycles. The fraction of sp³-hybridized carbons (Fsp3) is 0.0513. The maximum Gasteiger partial charge on any atom is 0.0780 e. The molecular weight excluding hydrogens is 496 g/mol. The summed E-state index contributed by atoms with van der Waals surface area (Å²) in [6, 6.07) is 46.5. The molecule has 2 heteroatoms. The van der Waals surface area contributed by atoms with Crippen molar-refractivity contribution in [1.29, 1.82) is 0 Å². The molecule has 0 saturated carbocycles. The van der Waals surface area contributed by atoms with Gasteiger partial charge in [-0.1, -0.05) is 90.0 Å². The van der Waals surface area contributed by atoms with Gasteiger partial charge >= 0.3 is 0 Å². The Kier molecular flexibility index (Phi) is 5.30. The van der Waals surface area contributed by atoms with Crippen LogP contribution in [-0.2, 0) is 0 Å². The monoisotopic (exact) mass is 524 g/mol. The van der Waals surface area contributed by atoms with Gasteiger partial charge in [-0.2, -0.15) is 0 Å². The molecule has 0 atom stereocenters. The largest absolute Gasteiger partial charge is 0.311 e. The SMILES string of the molecule is Cc1ccc(N(c2ccc(C)cc2)c2ccc(-c3ccc4ccc5cc6cccnc6c6ccc3c4c56)cc2)cc1. The lowest BCUT2D eigenvalue weighted by Crippen LogP contribution is -2.09. The van der Waals surface area contributed by atoms with Crippen molar-refractivity contribution in [2.75, 3.05) is 4.90 Å². The van der Waals surface area contributed by atoms with Gasteiger partial charge in [0.15, 0.2) is 0 Å². The highest BCUT2D eigenvalue weighted by Crippen LogP contribution is 2.42. The zero-order chi connectivity index (χ0) is 27.5. The van der Waals surface area contributed by atoms with Gasteiger partial charge in [0.25, 0.3) is 0 Å². The molecule has 0 N–H and O–H groups in total. The Bertz CT molecular complexity index is 2150. The number of aromatic nitrogens is 1. The van der Waals surface area contributed by atoms with Gasteiger partial charge in [0, 0.05) is 34.0 Å². The molecule has 8 rings (SSSR count). The molecule has 1 aromatic heterocycles.